The number of hydrogen-bond acceptors (Lipinski definition) is 10. The minimum atomic E-state index is -1.62. The summed E-state index contributed by atoms with van der Waals surface area (Å²) in [5.74, 6) is -1.22. The number of rotatable bonds is 44. The lowest BCUT2D eigenvalue weighted by atomic mass is 9.99. The second kappa shape index (κ2) is 44.6. The van der Waals surface area contributed by atoms with E-state index in [4.69, 9.17) is 14.2 Å². The first-order valence-electron chi connectivity index (χ1n) is 27.1. The van der Waals surface area contributed by atoms with Crippen LogP contribution in [0.15, 0.2) is 60.8 Å². The van der Waals surface area contributed by atoms with Crippen LogP contribution in [0.1, 0.15) is 220 Å². The van der Waals surface area contributed by atoms with Crippen LogP contribution in [0.5, 0.6) is 0 Å². The molecule has 1 fully saturated rings. The van der Waals surface area contributed by atoms with E-state index in [1.165, 1.54) is 103 Å². The Morgan fingerprint density at radius 3 is 1.61 bits per heavy atom. The second-order valence-corrected chi connectivity index (χ2v) is 18.7. The fourth-order valence-electron chi connectivity index (χ4n) is 8.19. The van der Waals surface area contributed by atoms with Crippen LogP contribution in [0.25, 0.3) is 0 Å². The van der Waals surface area contributed by atoms with Crippen molar-refractivity contribution in [3.8, 4) is 0 Å². The van der Waals surface area contributed by atoms with Gasteiger partial charge in [-0.2, -0.15) is 0 Å². The van der Waals surface area contributed by atoms with E-state index < -0.39 is 67.4 Å². The monoisotopic (exact) mass is 946 g/mol. The topological polar surface area (TPSA) is 175 Å². The maximum atomic E-state index is 13.3. The Kier molecular flexibility index (Phi) is 41.5. The summed E-state index contributed by atoms with van der Waals surface area (Å²) in [6.07, 6.45) is 42.7. The lowest BCUT2D eigenvalue weighted by molar-refractivity contribution is -0.305. The fraction of sp³-hybridized carbons (Fsp3) is 0.786. The second-order valence-electron chi connectivity index (χ2n) is 18.7. The van der Waals surface area contributed by atoms with Crippen molar-refractivity contribution >= 4 is 11.9 Å². The molecule has 0 radical (unpaired) electrons. The number of carbonyl (C=O) groups excluding carboxylic acids is 2. The van der Waals surface area contributed by atoms with Crippen molar-refractivity contribution in [2.24, 2.45) is 0 Å². The van der Waals surface area contributed by atoms with Crippen LogP contribution in [-0.4, -0.2) is 99.6 Å². The van der Waals surface area contributed by atoms with E-state index in [2.05, 4.69) is 38.2 Å². The number of aliphatic hydroxyl groups is 5. The number of allylic oxidation sites excluding steroid dienone is 9. The highest BCUT2D eigenvalue weighted by Crippen LogP contribution is 2.26. The highest BCUT2D eigenvalue weighted by molar-refractivity contribution is 5.80. The highest BCUT2D eigenvalue weighted by atomic mass is 16.7. The van der Waals surface area contributed by atoms with Crippen LogP contribution < -0.4 is 5.32 Å². The molecule has 67 heavy (non-hydrogen) atoms. The summed E-state index contributed by atoms with van der Waals surface area (Å²) in [7, 11) is 0. The first kappa shape index (κ1) is 62.4. The van der Waals surface area contributed by atoms with Gasteiger partial charge in [0.25, 0.3) is 0 Å². The Balaban J connectivity index is 2.78. The Hall–Kier alpha value is -2.64. The van der Waals surface area contributed by atoms with E-state index in [1.807, 2.05) is 42.5 Å². The minimum Gasteiger partial charge on any atom is -0.454 e. The van der Waals surface area contributed by atoms with Gasteiger partial charge in [0.1, 0.15) is 24.4 Å². The molecule has 8 atom stereocenters. The van der Waals surface area contributed by atoms with Crippen LogP contribution in [-0.2, 0) is 23.8 Å². The summed E-state index contributed by atoms with van der Waals surface area (Å²) in [6.45, 7) is 5.60. The lowest BCUT2D eigenvalue weighted by Gasteiger charge is -2.41. The summed E-state index contributed by atoms with van der Waals surface area (Å²) in [4.78, 5) is 26.4. The third kappa shape index (κ3) is 33.5. The van der Waals surface area contributed by atoms with Crippen molar-refractivity contribution < 1.29 is 49.3 Å². The number of aliphatic hydroxyl groups excluding tert-OH is 5. The normalized spacial score (nSPS) is 20.5. The van der Waals surface area contributed by atoms with Crippen LogP contribution in [0.4, 0.5) is 0 Å². The molecule has 8 unspecified atom stereocenters. The van der Waals surface area contributed by atoms with Crippen molar-refractivity contribution in [1.82, 2.24) is 5.32 Å². The zero-order chi connectivity index (χ0) is 49.0. The third-order valence-electron chi connectivity index (χ3n) is 12.5. The SMILES string of the molecule is CC/C=C/C=C/C=C/C=C\CCCCCCC(O)C(=O)NC(COC1OC(CO)C(O)C(O)C1OC(=O)CCCCCCCCCCCCCCC)C(O)/C=C/CCCCCCCCCCC. The standard InChI is InChI=1S/C56H99NO10/c1-4-7-10-13-16-19-22-24-26-28-31-34-37-40-43-49(60)55(64)57-47(48(59)42-39-36-33-30-27-21-18-15-12-9-6-3)46-65-56-54(53(63)52(62)50(45-58)66-56)67-51(61)44-41-38-35-32-29-25-23-20-17-14-11-8-5-2/h7,10,13,16,19,22,24,26,39,42,47-50,52-54,56,58-60,62-63H,4-6,8-9,11-12,14-15,17-18,20-21,23,25,27-38,40-41,43-46H2,1-3H3,(H,57,64)/b10-7+,16-13+,22-19+,26-24-,42-39+. The maximum Gasteiger partial charge on any atom is 0.306 e. The molecule has 0 aromatic rings. The molecule has 0 saturated carbocycles. The van der Waals surface area contributed by atoms with Crippen molar-refractivity contribution in [2.45, 2.75) is 269 Å². The van der Waals surface area contributed by atoms with E-state index in [1.54, 1.807) is 6.08 Å². The fourth-order valence-corrected chi connectivity index (χ4v) is 8.19. The van der Waals surface area contributed by atoms with Gasteiger partial charge >= 0.3 is 5.97 Å². The van der Waals surface area contributed by atoms with Gasteiger partial charge in [0.15, 0.2) is 12.4 Å². The summed E-state index contributed by atoms with van der Waals surface area (Å²) < 4.78 is 17.5. The van der Waals surface area contributed by atoms with E-state index in [0.29, 0.717) is 12.8 Å². The molecule has 6 N–H and O–H groups in total. The summed E-state index contributed by atoms with van der Waals surface area (Å²) >= 11 is 0. The quantitative estimate of drug-likeness (QED) is 0.0149. The largest absolute Gasteiger partial charge is 0.454 e. The van der Waals surface area contributed by atoms with Gasteiger partial charge < -0.3 is 45.1 Å². The van der Waals surface area contributed by atoms with E-state index in [0.717, 1.165) is 70.6 Å². The van der Waals surface area contributed by atoms with E-state index in [-0.39, 0.29) is 19.4 Å². The van der Waals surface area contributed by atoms with Crippen LogP contribution in [0, 0.1) is 0 Å². The summed E-state index contributed by atoms with van der Waals surface area (Å²) in [5.41, 5.74) is 0. The summed E-state index contributed by atoms with van der Waals surface area (Å²) in [6, 6.07) is -1.03. The Labute approximate surface area is 408 Å². The number of unbranched alkanes of at least 4 members (excludes halogenated alkanes) is 25. The van der Waals surface area contributed by atoms with E-state index >= 15 is 0 Å². The van der Waals surface area contributed by atoms with Crippen LogP contribution in [0.2, 0.25) is 0 Å². The molecule has 0 aromatic carbocycles. The van der Waals surface area contributed by atoms with Gasteiger partial charge in [-0.05, 0) is 44.9 Å². The zero-order valence-electron chi connectivity index (χ0n) is 42.5. The van der Waals surface area contributed by atoms with Crippen LogP contribution in [0.3, 0.4) is 0 Å². The van der Waals surface area contributed by atoms with Crippen LogP contribution >= 0.6 is 0 Å². The number of hydrogen-bond donors (Lipinski definition) is 6. The summed E-state index contributed by atoms with van der Waals surface area (Å²) in [5, 5.41) is 56.6. The molecule has 0 aliphatic carbocycles. The van der Waals surface area contributed by atoms with Crippen molar-refractivity contribution in [1.29, 1.82) is 0 Å². The van der Waals surface area contributed by atoms with Gasteiger partial charge in [-0.15, -0.1) is 0 Å². The molecular formula is C56H99NO10. The average Bonchev–Trinajstić information content (AvgIpc) is 3.32. The predicted molar refractivity (Wildman–Crippen MR) is 273 cm³/mol. The number of amides is 1. The van der Waals surface area contributed by atoms with Gasteiger partial charge in [-0.3, -0.25) is 9.59 Å². The van der Waals surface area contributed by atoms with Crippen molar-refractivity contribution in [2.75, 3.05) is 13.2 Å². The molecule has 388 valence electrons. The molecular weight excluding hydrogens is 847 g/mol. The molecule has 1 aliphatic rings. The molecule has 0 bridgehead atoms. The molecule has 11 nitrogen and oxygen atoms in total. The van der Waals surface area contributed by atoms with Crippen molar-refractivity contribution in [3.05, 3.63) is 60.8 Å². The third-order valence-corrected chi connectivity index (χ3v) is 12.5. The van der Waals surface area contributed by atoms with Gasteiger partial charge in [-0.25, -0.2) is 0 Å². The molecule has 1 saturated heterocycles. The predicted octanol–water partition coefficient (Wildman–Crippen LogP) is 11.5. The number of ether oxygens (including phenoxy) is 3. The molecule has 0 aromatic heterocycles. The first-order chi connectivity index (χ1) is 32.7. The molecule has 1 heterocycles. The van der Waals surface area contributed by atoms with Gasteiger partial charge in [0.2, 0.25) is 5.91 Å². The molecule has 1 rings (SSSR count). The Bertz CT molecular complexity index is 1320. The number of nitrogens with one attached hydrogen (secondary N) is 1. The zero-order valence-corrected chi connectivity index (χ0v) is 42.5. The first-order valence-corrected chi connectivity index (χ1v) is 27.1. The smallest absolute Gasteiger partial charge is 0.306 e. The van der Waals surface area contributed by atoms with E-state index in [9.17, 15) is 35.1 Å². The lowest BCUT2D eigenvalue weighted by Crippen LogP contribution is -2.61. The van der Waals surface area contributed by atoms with Crippen molar-refractivity contribution in [3.63, 3.8) is 0 Å². The number of esters is 1. The molecule has 0 spiro atoms. The van der Waals surface area contributed by atoms with Gasteiger partial charge in [0.05, 0.1) is 25.4 Å². The Morgan fingerprint density at radius 1 is 0.597 bits per heavy atom. The minimum absolute atomic E-state index is 0.122. The van der Waals surface area contributed by atoms with Gasteiger partial charge in [0, 0.05) is 6.42 Å². The molecule has 11 heteroatoms. The Morgan fingerprint density at radius 2 is 1.07 bits per heavy atom. The highest BCUT2D eigenvalue weighted by Gasteiger charge is 2.47. The van der Waals surface area contributed by atoms with Gasteiger partial charge in [-0.1, -0.05) is 229 Å². The molecule has 1 aliphatic heterocycles. The average molecular weight is 946 g/mol. The number of carbonyl (C=O) groups is 2. The maximum absolute atomic E-state index is 13.3. The molecule has 1 amide bonds.